The van der Waals surface area contributed by atoms with Gasteiger partial charge in [-0.2, -0.15) is 0 Å². The van der Waals surface area contributed by atoms with Gasteiger partial charge in [-0.3, -0.25) is 14.8 Å². The highest BCUT2D eigenvalue weighted by atomic mass is 16.5. The molecule has 2 aromatic carbocycles. The van der Waals surface area contributed by atoms with Crippen LogP contribution in [-0.2, 0) is 16.1 Å². The van der Waals surface area contributed by atoms with Gasteiger partial charge in [0.2, 0.25) is 5.91 Å². The number of rotatable bonds is 9. The van der Waals surface area contributed by atoms with Crippen LogP contribution in [0, 0.1) is 18.8 Å². The highest BCUT2D eigenvalue weighted by Crippen LogP contribution is 2.17. The van der Waals surface area contributed by atoms with Crippen LogP contribution in [0.2, 0.25) is 0 Å². The number of carbonyl (C=O) groups is 2. The van der Waals surface area contributed by atoms with Crippen molar-refractivity contribution in [1.29, 1.82) is 0 Å². The van der Waals surface area contributed by atoms with Gasteiger partial charge < -0.3 is 16.1 Å². The lowest BCUT2D eigenvalue weighted by Crippen LogP contribution is -2.37. The third-order valence-electron chi connectivity index (χ3n) is 4.73. The van der Waals surface area contributed by atoms with E-state index in [1.165, 1.54) is 5.01 Å². The number of carbonyl (C=O) groups excluding carboxylic acids is 2. The highest BCUT2D eigenvalue weighted by Gasteiger charge is 2.27. The third kappa shape index (κ3) is 7.44. The van der Waals surface area contributed by atoms with Crippen LogP contribution in [0.5, 0.6) is 0 Å². The minimum Gasteiger partial charge on any atom is -0.397 e. The number of amides is 2. The lowest BCUT2D eigenvalue weighted by atomic mass is 9.95. The Morgan fingerprint density at radius 1 is 1.06 bits per heavy atom. The minimum atomic E-state index is -0.973. The predicted molar refractivity (Wildman–Crippen MR) is 121 cm³/mol. The Balaban J connectivity index is 1.99. The molecule has 0 saturated carbocycles. The van der Waals surface area contributed by atoms with E-state index in [4.69, 9.17) is 16.8 Å². The summed E-state index contributed by atoms with van der Waals surface area (Å²) in [6.45, 7) is 6.23. The van der Waals surface area contributed by atoms with Gasteiger partial charge in [-0.15, -0.1) is 0 Å². The first-order chi connectivity index (χ1) is 14.7. The lowest BCUT2D eigenvalue weighted by Gasteiger charge is -2.18. The summed E-state index contributed by atoms with van der Waals surface area (Å²) < 4.78 is 0. The van der Waals surface area contributed by atoms with Crippen LogP contribution in [0.4, 0.5) is 5.69 Å². The quantitative estimate of drug-likeness (QED) is 0.182. The molecule has 0 spiro atoms. The molecule has 8 heteroatoms. The highest BCUT2D eigenvalue weighted by molar-refractivity contribution is 6.06. The first kappa shape index (κ1) is 23.9. The van der Waals surface area contributed by atoms with Crippen molar-refractivity contribution in [3.63, 3.8) is 0 Å². The zero-order valence-corrected chi connectivity index (χ0v) is 18.1. The molecule has 0 radical (unpaired) electrons. The van der Waals surface area contributed by atoms with Crippen LogP contribution in [0.15, 0.2) is 54.7 Å². The van der Waals surface area contributed by atoms with Gasteiger partial charge in [-0.1, -0.05) is 55.8 Å². The number of hydrogen-bond acceptors (Lipinski definition) is 6. The Kier molecular flexibility index (Phi) is 8.60. The fourth-order valence-corrected chi connectivity index (χ4v) is 3.06. The van der Waals surface area contributed by atoms with Crippen molar-refractivity contribution < 1.29 is 14.8 Å². The van der Waals surface area contributed by atoms with E-state index in [0.717, 1.165) is 16.7 Å². The van der Waals surface area contributed by atoms with Gasteiger partial charge in [-0.05, 0) is 42.5 Å². The molecular weight excluding hydrogens is 394 g/mol. The largest absolute Gasteiger partial charge is 0.397 e. The van der Waals surface area contributed by atoms with Crippen LogP contribution in [0.3, 0.4) is 0 Å². The smallest absolute Gasteiger partial charge is 0.255 e. The van der Waals surface area contributed by atoms with E-state index >= 15 is 0 Å². The van der Waals surface area contributed by atoms with E-state index in [-0.39, 0.29) is 5.92 Å². The molecule has 1 atom stereocenters. The summed E-state index contributed by atoms with van der Waals surface area (Å²) in [5.41, 5.74) is 11.8. The topological polar surface area (TPSA) is 134 Å². The summed E-state index contributed by atoms with van der Waals surface area (Å²) in [7, 11) is 0. The van der Waals surface area contributed by atoms with E-state index in [9.17, 15) is 9.59 Å². The van der Waals surface area contributed by atoms with Crippen molar-refractivity contribution in [2.24, 2.45) is 23.4 Å². The minimum absolute atomic E-state index is 0.117. The molecule has 2 amide bonds. The lowest BCUT2D eigenvalue weighted by molar-refractivity contribution is -0.139. The molecule has 0 aliphatic heterocycles. The first-order valence-electron chi connectivity index (χ1n) is 10.1. The maximum absolute atomic E-state index is 12.5. The second-order valence-corrected chi connectivity index (χ2v) is 7.97. The van der Waals surface area contributed by atoms with Crippen LogP contribution in [0.1, 0.15) is 37.0 Å². The number of nitrogens with two attached hydrogens (primary N) is 2. The number of hydrogen-bond donors (Lipinski definition) is 5. The fourth-order valence-electron chi connectivity index (χ4n) is 3.06. The molecule has 0 heterocycles. The van der Waals surface area contributed by atoms with Crippen LogP contribution in [-0.4, -0.2) is 22.0 Å². The van der Waals surface area contributed by atoms with E-state index in [1.807, 2.05) is 57.2 Å². The number of benzene rings is 2. The summed E-state index contributed by atoms with van der Waals surface area (Å²) in [5.74, 6) is 4.02. The molecule has 0 aliphatic rings. The maximum atomic E-state index is 12.5. The molecule has 8 nitrogen and oxygen atoms in total. The molecule has 0 bridgehead atoms. The average Bonchev–Trinajstić information content (AvgIpc) is 2.73. The van der Waals surface area contributed by atoms with Crippen molar-refractivity contribution in [2.75, 3.05) is 5.32 Å². The summed E-state index contributed by atoms with van der Waals surface area (Å²) in [6, 6.07) is 15.0. The fraction of sp³-hybridized carbons (Fsp3) is 0.304. The monoisotopic (exact) mass is 425 g/mol. The van der Waals surface area contributed by atoms with Crippen molar-refractivity contribution in [3.8, 4) is 0 Å². The van der Waals surface area contributed by atoms with Crippen molar-refractivity contribution >= 4 is 23.2 Å². The van der Waals surface area contributed by atoms with Gasteiger partial charge >= 0.3 is 0 Å². The second kappa shape index (κ2) is 11.1. The molecular formula is C23H31N5O3. The summed E-state index contributed by atoms with van der Waals surface area (Å²) in [6.07, 6.45) is 2.00. The number of aryl methyl sites for hydroxylation is 1. The predicted octanol–water partition coefficient (Wildman–Crippen LogP) is 2.73. The van der Waals surface area contributed by atoms with E-state index in [2.05, 4.69) is 5.32 Å². The molecule has 31 heavy (non-hydrogen) atoms. The Morgan fingerprint density at radius 2 is 1.68 bits per heavy atom. The van der Waals surface area contributed by atoms with Gasteiger partial charge in [-0.25, -0.2) is 11.3 Å². The molecule has 166 valence electrons. The van der Waals surface area contributed by atoms with Gasteiger partial charge in [0.15, 0.2) is 0 Å². The summed E-state index contributed by atoms with van der Waals surface area (Å²) >= 11 is 0. The molecule has 0 aromatic heterocycles. The van der Waals surface area contributed by atoms with Crippen LogP contribution < -0.4 is 22.4 Å². The Hall–Kier alpha value is -3.36. The molecule has 0 fully saturated rings. The third-order valence-corrected chi connectivity index (χ3v) is 4.73. The summed E-state index contributed by atoms with van der Waals surface area (Å²) in [5, 5.41) is 13.1. The molecule has 7 N–H and O–H groups in total. The first-order valence-corrected chi connectivity index (χ1v) is 10.1. The number of anilines is 1. The Bertz CT molecular complexity index is 908. The molecule has 0 aliphatic carbocycles. The molecule has 2 aromatic rings. The van der Waals surface area contributed by atoms with Gasteiger partial charge in [0.1, 0.15) is 5.92 Å². The van der Waals surface area contributed by atoms with E-state index < -0.39 is 17.7 Å². The molecule has 2 rings (SSSR count). The van der Waals surface area contributed by atoms with Crippen molar-refractivity contribution in [1.82, 2.24) is 10.5 Å². The van der Waals surface area contributed by atoms with Gasteiger partial charge in [0, 0.05) is 11.9 Å². The maximum Gasteiger partial charge on any atom is 0.255 e. The number of hydrazine groups is 1. The number of nitrogens with one attached hydrogen (secondary N) is 2. The number of hydroxylamine groups is 1. The Morgan fingerprint density at radius 3 is 2.23 bits per heavy atom. The SMILES string of the molecule is Cc1ccc(/C(N)=C/N(N)Cc2ccc(NC(=O)C(CC(C)C)C(=O)NO)cc2)cc1. The number of nitrogens with zero attached hydrogens (tertiary/aromatic N) is 1. The summed E-state index contributed by atoms with van der Waals surface area (Å²) in [4.78, 5) is 24.3. The van der Waals surface area contributed by atoms with Crippen molar-refractivity contribution in [3.05, 3.63) is 71.4 Å². The van der Waals surface area contributed by atoms with E-state index in [1.54, 1.807) is 23.8 Å². The van der Waals surface area contributed by atoms with E-state index in [0.29, 0.717) is 24.4 Å². The van der Waals surface area contributed by atoms with Crippen LogP contribution in [0.25, 0.3) is 5.70 Å². The molecule has 0 saturated heterocycles. The van der Waals surface area contributed by atoms with Gasteiger partial charge in [0.05, 0.1) is 12.2 Å². The molecule has 1 unspecified atom stereocenters. The van der Waals surface area contributed by atoms with Crippen molar-refractivity contribution in [2.45, 2.75) is 33.7 Å². The Labute approximate surface area is 182 Å². The standard InChI is InChI=1S/C23H31N5O3/c1-15(2)12-20(23(30)27-31)22(29)26-19-10-6-17(7-11-19)13-28(25)14-21(24)18-8-4-16(3)5-9-18/h4-11,14-15,20,31H,12-13,24-25H2,1-3H3,(H,26,29)(H,27,30)/b21-14-. The van der Waals surface area contributed by atoms with Gasteiger partial charge in [0.25, 0.3) is 5.91 Å². The average molecular weight is 426 g/mol. The normalized spacial score (nSPS) is 12.4. The van der Waals surface area contributed by atoms with Crippen LogP contribution >= 0.6 is 0 Å². The zero-order valence-electron chi connectivity index (χ0n) is 18.1. The second-order valence-electron chi connectivity index (χ2n) is 7.97. The zero-order chi connectivity index (χ0) is 23.0.